The van der Waals surface area contributed by atoms with Crippen molar-refractivity contribution in [2.24, 2.45) is 0 Å². The van der Waals surface area contributed by atoms with Crippen LogP contribution >= 0.6 is 11.8 Å². The highest BCUT2D eigenvalue weighted by Crippen LogP contribution is 2.26. The molecule has 0 aliphatic heterocycles. The predicted octanol–water partition coefficient (Wildman–Crippen LogP) is 3.61. The average Bonchev–Trinajstić information content (AvgIpc) is 2.32. The smallest absolute Gasteiger partial charge is 0.315 e. The largest absolute Gasteiger partial charge is 0.465 e. The Morgan fingerprint density at radius 2 is 1.85 bits per heavy atom. The van der Waals surface area contributed by atoms with Crippen LogP contribution in [-0.4, -0.2) is 24.1 Å². The third-order valence-electron chi connectivity index (χ3n) is 3.25. The van der Waals surface area contributed by atoms with Crippen LogP contribution in [0.25, 0.3) is 0 Å². The zero-order valence-corrected chi connectivity index (χ0v) is 13.6. The molecule has 0 fully saturated rings. The number of hydrogen-bond acceptors (Lipinski definition) is 4. The van der Waals surface area contributed by atoms with Gasteiger partial charge in [-0.25, -0.2) is 0 Å². The number of esters is 1. The Balaban J connectivity index is 2.88. The summed E-state index contributed by atoms with van der Waals surface area (Å²) in [4.78, 5) is 23.1. The van der Waals surface area contributed by atoms with Crippen LogP contribution in [0, 0.1) is 20.8 Å². The second-order valence-electron chi connectivity index (χ2n) is 4.84. The van der Waals surface area contributed by atoms with Gasteiger partial charge in [0.1, 0.15) is 0 Å². The Kier molecular flexibility index (Phi) is 6.27. The van der Waals surface area contributed by atoms with Gasteiger partial charge in [0.2, 0.25) is 0 Å². The zero-order chi connectivity index (χ0) is 15.3. The maximum atomic E-state index is 11.7. The number of aryl methyl sites for hydroxylation is 2. The van der Waals surface area contributed by atoms with E-state index in [1.807, 2.05) is 26.8 Å². The van der Waals surface area contributed by atoms with E-state index in [2.05, 4.69) is 0 Å². The number of benzene rings is 1. The fraction of sp³-hybridized carbons (Fsp3) is 0.500. The minimum Gasteiger partial charge on any atom is -0.465 e. The first-order chi connectivity index (χ1) is 9.38. The van der Waals surface area contributed by atoms with Gasteiger partial charge in [0.15, 0.2) is 5.78 Å². The maximum absolute atomic E-state index is 11.7. The van der Waals surface area contributed by atoms with Crippen molar-refractivity contribution in [1.82, 2.24) is 0 Å². The lowest BCUT2D eigenvalue weighted by molar-refractivity contribution is -0.139. The number of carbonyl (C=O) groups is 2. The summed E-state index contributed by atoms with van der Waals surface area (Å²) in [6.45, 7) is 9.81. The Labute approximate surface area is 125 Å². The summed E-state index contributed by atoms with van der Waals surface area (Å²) < 4.78 is 4.91. The summed E-state index contributed by atoms with van der Waals surface area (Å²) in [6, 6.07) is 2.05. The number of Topliss-reactive ketones (excluding diaryl/α,β-unsaturated/α-hetero) is 1. The van der Waals surface area contributed by atoms with E-state index in [9.17, 15) is 9.59 Å². The van der Waals surface area contributed by atoms with Crippen LogP contribution < -0.4 is 0 Å². The Morgan fingerprint density at radius 1 is 1.20 bits per heavy atom. The van der Waals surface area contributed by atoms with Gasteiger partial charge < -0.3 is 4.74 Å². The summed E-state index contributed by atoms with van der Waals surface area (Å²) >= 11 is 1.52. The first-order valence-corrected chi connectivity index (χ1v) is 7.87. The molecular formula is C16H22O3S. The molecule has 110 valence electrons. The summed E-state index contributed by atoms with van der Waals surface area (Å²) in [5.74, 6) is 0.968. The molecule has 1 rings (SSSR count). The van der Waals surface area contributed by atoms with Crippen molar-refractivity contribution in [1.29, 1.82) is 0 Å². The molecule has 0 N–H and O–H groups in total. The molecule has 1 aromatic rings. The summed E-state index contributed by atoms with van der Waals surface area (Å²) in [6.07, 6.45) is 0. The van der Waals surface area contributed by atoms with Crippen LogP contribution in [0.1, 0.15) is 46.5 Å². The number of ether oxygens (including phenoxy) is 1. The molecule has 0 heterocycles. The van der Waals surface area contributed by atoms with Crippen molar-refractivity contribution in [3.63, 3.8) is 0 Å². The first-order valence-electron chi connectivity index (χ1n) is 6.72. The van der Waals surface area contributed by atoms with E-state index < -0.39 is 0 Å². The van der Waals surface area contributed by atoms with E-state index in [4.69, 9.17) is 4.74 Å². The molecule has 0 aliphatic carbocycles. The highest BCUT2D eigenvalue weighted by molar-refractivity contribution is 7.99. The molecule has 1 aromatic carbocycles. The van der Waals surface area contributed by atoms with Crippen LogP contribution in [-0.2, 0) is 15.3 Å². The highest BCUT2D eigenvalue weighted by Gasteiger charge is 2.14. The van der Waals surface area contributed by atoms with Crippen molar-refractivity contribution in [2.75, 3.05) is 12.4 Å². The molecule has 0 unspecified atom stereocenters. The number of thioether (sulfide) groups is 1. The van der Waals surface area contributed by atoms with Gasteiger partial charge in [-0.05, 0) is 56.9 Å². The van der Waals surface area contributed by atoms with E-state index >= 15 is 0 Å². The van der Waals surface area contributed by atoms with E-state index in [1.54, 1.807) is 13.8 Å². The molecule has 3 nitrogen and oxygen atoms in total. The third kappa shape index (κ3) is 4.10. The molecule has 0 atom stereocenters. The van der Waals surface area contributed by atoms with Gasteiger partial charge in [-0.1, -0.05) is 6.07 Å². The molecule has 0 aliphatic rings. The molecule has 4 heteroatoms. The standard InChI is InChI=1S/C16H22O3S/c1-6-19-15(18)9-20-8-14-10(2)7-11(3)16(12(14)4)13(5)17/h7H,6,8-9H2,1-5H3. The van der Waals surface area contributed by atoms with Gasteiger partial charge in [0.25, 0.3) is 0 Å². The van der Waals surface area contributed by atoms with Gasteiger partial charge in [-0.15, -0.1) is 11.8 Å². The monoisotopic (exact) mass is 294 g/mol. The van der Waals surface area contributed by atoms with E-state index in [1.165, 1.54) is 17.3 Å². The molecule has 0 radical (unpaired) electrons. The topological polar surface area (TPSA) is 43.4 Å². The van der Waals surface area contributed by atoms with Gasteiger partial charge >= 0.3 is 5.97 Å². The van der Waals surface area contributed by atoms with Crippen LogP contribution in [0.4, 0.5) is 0 Å². The second-order valence-corrected chi connectivity index (χ2v) is 5.83. The molecule has 20 heavy (non-hydrogen) atoms. The van der Waals surface area contributed by atoms with E-state index in [0.29, 0.717) is 12.4 Å². The van der Waals surface area contributed by atoms with Crippen LogP contribution in [0.3, 0.4) is 0 Å². The minimum absolute atomic E-state index is 0.0941. The summed E-state index contributed by atoms with van der Waals surface area (Å²) in [5.41, 5.74) is 5.18. The zero-order valence-electron chi connectivity index (χ0n) is 12.8. The molecule has 0 saturated heterocycles. The molecule has 0 amide bonds. The van der Waals surface area contributed by atoms with Crippen molar-refractivity contribution >= 4 is 23.5 Å². The maximum Gasteiger partial charge on any atom is 0.315 e. The quantitative estimate of drug-likeness (QED) is 0.594. The number of carbonyl (C=O) groups excluding carboxylic acids is 2. The Hall–Kier alpha value is -1.29. The van der Waals surface area contributed by atoms with Gasteiger partial charge in [0, 0.05) is 11.3 Å². The van der Waals surface area contributed by atoms with Crippen LogP contribution in [0.2, 0.25) is 0 Å². The number of ketones is 1. The van der Waals surface area contributed by atoms with Gasteiger partial charge in [0.05, 0.1) is 12.4 Å². The predicted molar refractivity (Wildman–Crippen MR) is 83.5 cm³/mol. The summed E-state index contributed by atoms with van der Waals surface area (Å²) in [7, 11) is 0. The fourth-order valence-electron chi connectivity index (χ4n) is 2.43. The molecule has 0 aromatic heterocycles. The van der Waals surface area contributed by atoms with Crippen molar-refractivity contribution in [3.8, 4) is 0 Å². The molecular weight excluding hydrogens is 272 g/mol. The number of hydrogen-bond donors (Lipinski definition) is 0. The van der Waals surface area contributed by atoms with Crippen molar-refractivity contribution in [2.45, 2.75) is 40.4 Å². The minimum atomic E-state index is -0.188. The van der Waals surface area contributed by atoms with Crippen molar-refractivity contribution < 1.29 is 14.3 Å². The second kappa shape index (κ2) is 7.48. The molecule has 0 spiro atoms. The highest BCUT2D eigenvalue weighted by atomic mass is 32.2. The van der Waals surface area contributed by atoms with Crippen LogP contribution in [0.5, 0.6) is 0 Å². The van der Waals surface area contributed by atoms with Crippen molar-refractivity contribution in [3.05, 3.63) is 33.9 Å². The lowest BCUT2D eigenvalue weighted by Gasteiger charge is -2.15. The normalized spacial score (nSPS) is 10.4. The number of rotatable bonds is 6. The molecule has 0 bridgehead atoms. The molecule has 0 saturated carbocycles. The van der Waals surface area contributed by atoms with Gasteiger partial charge in [-0.2, -0.15) is 0 Å². The van der Waals surface area contributed by atoms with E-state index in [-0.39, 0.29) is 11.8 Å². The lowest BCUT2D eigenvalue weighted by atomic mass is 9.92. The van der Waals surface area contributed by atoms with Gasteiger partial charge in [-0.3, -0.25) is 9.59 Å². The Bertz CT molecular complexity index is 521. The SMILES string of the molecule is CCOC(=O)CSCc1c(C)cc(C)c(C(C)=O)c1C. The third-order valence-corrected chi connectivity index (χ3v) is 4.19. The fourth-order valence-corrected chi connectivity index (χ4v) is 3.43. The van der Waals surface area contributed by atoms with Crippen LogP contribution in [0.15, 0.2) is 6.07 Å². The summed E-state index contributed by atoms with van der Waals surface area (Å²) in [5, 5.41) is 0. The lowest BCUT2D eigenvalue weighted by Crippen LogP contribution is -2.08. The first kappa shape index (κ1) is 16.8. The van der Waals surface area contributed by atoms with E-state index in [0.717, 1.165) is 28.0 Å². The Morgan fingerprint density at radius 3 is 2.40 bits per heavy atom. The average molecular weight is 294 g/mol.